The van der Waals surface area contributed by atoms with E-state index in [1.54, 1.807) is 13.8 Å². The van der Waals surface area contributed by atoms with Gasteiger partial charge in [-0.25, -0.2) is 0 Å². The third kappa shape index (κ3) is 4.15. The second kappa shape index (κ2) is 5.50. The maximum Gasteiger partial charge on any atom is 0.573 e. The van der Waals surface area contributed by atoms with Crippen molar-refractivity contribution >= 4 is 5.91 Å². The van der Waals surface area contributed by atoms with E-state index in [1.165, 1.54) is 31.1 Å². The standard InChI is InChI=1S/C13H16F3NO2/c1-8(2)10-6-5-9(12(18)17(3)4)7-11(10)19-13(14,15)16/h5-8H,1-4H3. The maximum absolute atomic E-state index is 12.4. The lowest BCUT2D eigenvalue weighted by Crippen LogP contribution is -2.23. The number of hydrogen-bond donors (Lipinski definition) is 0. The Hall–Kier alpha value is -1.72. The molecule has 0 radical (unpaired) electrons. The van der Waals surface area contributed by atoms with Crippen LogP contribution in [-0.4, -0.2) is 31.3 Å². The van der Waals surface area contributed by atoms with Gasteiger partial charge in [0.2, 0.25) is 0 Å². The molecular weight excluding hydrogens is 259 g/mol. The van der Waals surface area contributed by atoms with Gasteiger partial charge >= 0.3 is 6.36 Å². The summed E-state index contributed by atoms with van der Waals surface area (Å²) in [4.78, 5) is 13.0. The molecule has 1 rings (SSSR count). The summed E-state index contributed by atoms with van der Waals surface area (Å²) in [6.07, 6.45) is -4.77. The fraction of sp³-hybridized carbons (Fsp3) is 0.462. The molecule has 0 unspecified atom stereocenters. The molecule has 3 nitrogen and oxygen atoms in total. The Labute approximate surface area is 110 Å². The minimum absolute atomic E-state index is 0.138. The predicted octanol–water partition coefficient (Wildman–Crippen LogP) is 3.41. The Bertz CT molecular complexity index is 467. The molecule has 0 aromatic heterocycles. The SMILES string of the molecule is CC(C)c1ccc(C(=O)N(C)C)cc1OC(F)(F)F. The van der Waals surface area contributed by atoms with Crippen LogP contribution in [0.2, 0.25) is 0 Å². The zero-order valence-corrected chi connectivity index (χ0v) is 11.2. The molecule has 6 heteroatoms. The van der Waals surface area contributed by atoms with E-state index in [-0.39, 0.29) is 23.1 Å². The molecule has 0 aliphatic carbocycles. The van der Waals surface area contributed by atoms with Crippen LogP contribution in [0.15, 0.2) is 18.2 Å². The minimum atomic E-state index is -4.77. The molecule has 0 aliphatic rings. The van der Waals surface area contributed by atoms with Crippen molar-refractivity contribution in [2.75, 3.05) is 14.1 Å². The van der Waals surface area contributed by atoms with Crippen molar-refractivity contribution in [2.45, 2.75) is 26.1 Å². The number of hydrogen-bond acceptors (Lipinski definition) is 2. The first-order chi connectivity index (χ1) is 8.61. The second-order valence-electron chi connectivity index (χ2n) is 4.65. The second-order valence-corrected chi connectivity index (χ2v) is 4.65. The van der Waals surface area contributed by atoms with Gasteiger partial charge in [0.05, 0.1) is 0 Å². The number of carbonyl (C=O) groups is 1. The van der Waals surface area contributed by atoms with Gasteiger partial charge in [0.25, 0.3) is 5.91 Å². The molecule has 0 bridgehead atoms. The molecular formula is C13H16F3NO2. The maximum atomic E-state index is 12.4. The van der Waals surface area contributed by atoms with Crippen LogP contribution in [0.3, 0.4) is 0 Å². The van der Waals surface area contributed by atoms with Crippen LogP contribution in [0, 0.1) is 0 Å². The third-order valence-electron chi connectivity index (χ3n) is 2.51. The Kier molecular flexibility index (Phi) is 4.44. The van der Waals surface area contributed by atoms with E-state index in [9.17, 15) is 18.0 Å². The number of rotatable bonds is 3. The largest absolute Gasteiger partial charge is 0.573 e. The molecule has 0 heterocycles. The van der Waals surface area contributed by atoms with Crippen LogP contribution in [0.1, 0.15) is 35.7 Å². The number of ether oxygens (including phenoxy) is 1. The van der Waals surface area contributed by atoms with Crippen LogP contribution in [0.25, 0.3) is 0 Å². The molecule has 19 heavy (non-hydrogen) atoms. The molecule has 1 aromatic rings. The van der Waals surface area contributed by atoms with Crippen molar-refractivity contribution in [1.82, 2.24) is 4.90 Å². The number of amides is 1. The average Bonchev–Trinajstić information content (AvgIpc) is 2.25. The van der Waals surface area contributed by atoms with Gasteiger partial charge in [-0.05, 0) is 23.6 Å². The van der Waals surface area contributed by atoms with Crippen molar-refractivity contribution in [2.24, 2.45) is 0 Å². The molecule has 0 N–H and O–H groups in total. The lowest BCUT2D eigenvalue weighted by atomic mass is 10.00. The third-order valence-corrected chi connectivity index (χ3v) is 2.51. The zero-order valence-electron chi connectivity index (χ0n) is 11.2. The summed E-state index contributed by atoms with van der Waals surface area (Å²) in [5.74, 6) is -0.835. The van der Waals surface area contributed by atoms with E-state index < -0.39 is 6.36 Å². The summed E-state index contributed by atoms with van der Waals surface area (Å²) in [5.41, 5.74) is 0.571. The highest BCUT2D eigenvalue weighted by molar-refractivity contribution is 5.94. The van der Waals surface area contributed by atoms with Crippen LogP contribution in [-0.2, 0) is 0 Å². The Morgan fingerprint density at radius 1 is 1.26 bits per heavy atom. The number of carbonyl (C=O) groups excluding carboxylic acids is 1. The van der Waals surface area contributed by atoms with Gasteiger partial charge in [0.1, 0.15) is 5.75 Å². The van der Waals surface area contributed by atoms with E-state index in [0.717, 1.165) is 6.07 Å². The first kappa shape index (κ1) is 15.3. The lowest BCUT2D eigenvalue weighted by molar-refractivity contribution is -0.274. The number of alkyl halides is 3. The number of halogens is 3. The molecule has 1 aromatic carbocycles. The fourth-order valence-electron chi connectivity index (χ4n) is 1.62. The summed E-state index contributed by atoms with van der Waals surface area (Å²) >= 11 is 0. The van der Waals surface area contributed by atoms with E-state index in [2.05, 4.69) is 4.74 Å². The molecule has 1 amide bonds. The topological polar surface area (TPSA) is 29.5 Å². The monoisotopic (exact) mass is 275 g/mol. The molecule has 0 aliphatic heterocycles. The van der Waals surface area contributed by atoms with Gasteiger partial charge in [-0.2, -0.15) is 0 Å². The highest BCUT2D eigenvalue weighted by Gasteiger charge is 2.32. The molecule has 0 spiro atoms. The van der Waals surface area contributed by atoms with E-state index in [4.69, 9.17) is 0 Å². The van der Waals surface area contributed by atoms with Crippen LogP contribution < -0.4 is 4.74 Å². The van der Waals surface area contributed by atoms with Gasteiger partial charge in [0, 0.05) is 19.7 Å². The Morgan fingerprint density at radius 3 is 2.26 bits per heavy atom. The van der Waals surface area contributed by atoms with Gasteiger partial charge in [-0.3, -0.25) is 4.79 Å². The zero-order chi connectivity index (χ0) is 14.8. The van der Waals surface area contributed by atoms with Gasteiger partial charge < -0.3 is 9.64 Å². The van der Waals surface area contributed by atoms with Gasteiger partial charge in [-0.15, -0.1) is 13.2 Å². The first-order valence-electron chi connectivity index (χ1n) is 5.73. The Morgan fingerprint density at radius 2 is 1.84 bits per heavy atom. The summed E-state index contributed by atoms with van der Waals surface area (Å²) in [7, 11) is 3.06. The van der Waals surface area contributed by atoms with Gasteiger partial charge in [0.15, 0.2) is 0 Å². The number of nitrogens with zero attached hydrogens (tertiary/aromatic N) is 1. The quantitative estimate of drug-likeness (QED) is 0.846. The summed E-state index contributed by atoms with van der Waals surface area (Å²) < 4.78 is 41.1. The predicted molar refractivity (Wildman–Crippen MR) is 65.2 cm³/mol. The molecule has 106 valence electrons. The van der Waals surface area contributed by atoms with Crippen molar-refractivity contribution in [3.63, 3.8) is 0 Å². The fourth-order valence-corrected chi connectivity index (χ4v) is 1.62. The molecule has 0 atom stereocenters. The van der Waals surface area contributed by atoms with Crippen LogP contribution in [0.4, 0.5) is 13.2 Å². The van der Waals surface area contributed by atoms with Crippen molar-refractivity contribution in [3.05, 3.63) is 29.3 Å². The van der Waals surface area contributed by atoms with Crippen molar-refractivity contribution < 1.29 is 22.7 Å². The molecule has 0 fully saturated rings. The van der Waals surface area contributed by atoms with Crippen molar-refractivity contribution in [3.8, 4) is 5.75 Å². The summed E-state index contributed by atoms with van der Waals surface area (Å²) in [6, 6.07) is 4.12. The average molecular weight is 275 g/mol. The summed E-state index contributed by atoms with van der Waals surface area (Å²) in [6.45, 7) is 3.51. The van der Waals surface area contributed by atoms with E-state index in [1.807, 2.05) is 0 Å². The van der Waals surface area contributed by atoms with Crippen molar-refractivity contribution in [1.29, 1.82) is 0 Å². The normalized spacial score (nSPS) is 11.6. The highest BCUT2D eigenvalue weighted by Crippen LogP contribution is 2.32. The Balaban J connectivity index is 3.22. The van der Waals surface area contributed by atoms with Crippen LogP contribution >= 0.6 is 0 Å². The molecule has 0 saturated carbocycles. The van der Waals surface area contributed by atoms with E-state index >= 15 is 0 Å². The van der Waals surface area contributed by atoms with Crippen LogP contribution in [0.5, 0.6) is 5.75 Å². The lowest BCUT2D eigenvalue weighted by Gasteiger charge is -2.17. The number of benzene rings is 1. The summed E-state index contributed by atoms with van der Waals surface area (Å²) in [5, 5.41) is 0. The minimum Gasteiger partial charge on any atom is -0.405 e. The highest BCUT2D eigenvalue weighted by atomic mass is 19.4. The smallest absolute Gasteiger partial charge is 0.405 e. The first-order valence-corrected chi connectivity index (χ1v) is 5.73. The van der Waals surface area contributed by atoms with Gasteiger partial charge in [-0.1, -0.05) is 19.9 Å². The molecule has 0 saturated heterocycles. The van der Waals surface area contributed by atoms with E-state index in [0.29, 0.717) is 5.56 Å².